The van der Waals surface area contributed by atoms with E-state index in [1.54, 1.807) is 37.3 Å². The smallest absolute Gasteiger partial charge is 0.341 e. The van der Waals surface area contributed by atoms with Crippen LogP contribution in [0.4, 0.5) is 0 Å². The molecule has 0 aliphatic carbocycles. The summed E-state index contributed by atoms with van der Waals surface area (Å²) in [4.78, 5) is 23.7. The molecule has 138 valence electrons. The van der Waals surface area contributed by atoms with Gasteiger partial charge in [-0.1, -0.05) is 6.07 Å². The van der Waals surface area contributed by atoms with Crippen molar-refractivity contribution in [1.82, 2.24) is 0 Å². The van der Waals surface area contributed by atoms with Gasteiger partial charge in [-0.25, -0.2) is 4.79 Å². The first kappa shape index (κ1) is 17.0. The van der Waals surface area contributed by atoms with Gasteiger partial charge in [0, 0.05) is 6.07 Å². The lowest BCUT2D eigenvalue weighted by Gasteiger charge is -2.19. The number of aliphatic carboxylic acids is 1. The highest BCUT2D eigenvalue weighted by atomic mass is 16.6. The molecule has 0 radical (unpaired) electrons. The van der Waals surface area contributed by atoms with E-state index >= 15 is 0 Å². The van der Waals surface area contributed by atoms with Crippen molar-refractivity contribution in [2.45, 2.75) is 6.92 Å². The van der Waals surface area contributed by atoms with Crippen LogP contribution < -0.4 is 19.6 Å². The van der Waals surface area contributed by atoms with E-state index in [4.69, 9.17) is 23.7 Å². The monoisotopic (exact) mass is 368 g/mol. The van der Waals surface area contributed by atoms with Crippen LogP contribution >= 0.6 is 0 Å². The quantitative estimate of drug-likeness (QED) is 0.756. The minimum atomic E-state index is -1.08. The van der Waals surface area contributed by atoms with E-state index in [-0.39, 0.29) is 5.43 Å². The van der Waals surface area contributed by atoms with Crippen LogP contribution in [0.2, 0.25) is 0 Å². The molecule has 27 heavy (non-hydrogen) atoms. The molecule has 0 unspecified atom stereocenters. The number of benzene rings is 2. The lowest BCUT2D eigenvalue weighted by atomic mass is 10.0. The molecule has 0 saturated carbocycles. The van der Waals surface area contributed by atoms with E-state index in [0.29, 0.717) is 58.3 Å². The van der Waals surface area contributed by atoms with Gasteiger partial charge in [0.25, 0.3) is 0 Å². The predicted molar refractivity (Wildman–Crippen MR) is 96.8 cm³/mol. The molecule has 7 nitrogen and oxygen atoms in total. The van der Waals surface area contributed by atoms with Crippen LogP contribution in [0.5, 0.6) is 17.2 Å². The molecule has 2 aromatic carbocycles. The summed E-state index contributed by atoms with van der Waals surface area (Å²) in [6, 6.07) is 9.97. The molecule has 0 atom stereocenters. The fourth-order valence-electron chi connectivity index (χ4n) is 3.05. The summed E-state index contributed by atoms with van der Waals surface area (Å²) in [7, 11) is 0. The van der Waals surface area contributed by atoms with Crippen LogP contribution in [0.25, 0.3) is 22.1 Å². The Balaban J connectivity index is 1.79. The lowest BCUT2D eigenvalue weighted by Crippen LogP contribution is -2.15. The van der Waals surface area contributed by atoms with Crippen LogP contribution in [0.3, 0.4) is 0 Å². The molecule has 2 heterocycles. The number of carboxylic acids is 1. The second kappa shape index (κ2) is 6.68. The minimum Gasteiger partial charge on any atom is -0.486 e. The van der Waals surface area contributed by atoms with Crippen LogP contribution in [0, 0.1) is 6.92 Å². The maximum absolute atomic E-state index is 13.0. The molecule has 0 spiro atoms. The third-order valence-corrected chi connectivity index (χ3v) is 4.23. The fourth-order valence-corrected chi connectivity index (χ4v) is 3.05. The molecule has 1 aliphatic rings. The van der Waals surface area contributed by atoms with Gasteiger partial charge >= 0.3 is 5.97 Å². The van der Waals surface area contributed by atoms with E-state index in [1.807, 2.05) is 0 Å². The summed E-state index contributed by atoms with van der Waals surface area (Å²) in [5.41, 5.74) is 1.27. The van der Waals surface area contributed by atoms with Crippen LogP contribution in [0.15, 0.2) is 45.6 Å². The van der Waals surface area contributed by atoms with E-state index in [2.05, 4.69) is 0 Å². The third kappa shape index (κ3) is 3.19. The van der Waals surface area contributed by atoms with Crippen LogP contribution in [-0.4, -0.2) is 30.9 Å². The molecule has 7 heteroatoms. The van der Waals surface area contributed by atoms with Gasteiger partial charge in [0.1, 0.15) is 30.3 Å². The van der Waals surface area contributed by atoms with Gasteiger partial charge in [0.15, 0.2) is 18.1 Å². The number of aryl methyl sites for hydroxylation is 1. The molecule has 3 aromatic rings. The second-order valence-electron chi connectivity index (χ2n) is 6.06. The number of carboxylic acid groups (broad SMARTS) is 1. The second-order valence-corrected chi connectivity index (χ2v) is 6.06. The van der Waals surface area contributed by atoms with Crippen molar-refractivity contribution >= 4 is 16.9 Å². The van der Waals surface area contributed by atoms with Gasteiger partial charge in [0.05, 0.1) is 10.9 Å². The molecule has 0 amide bonds. The Morgan fingerprint density at radius 3 is 2.67 bits per heavy atom. The zero-order valence-corrected chi connectivity index (χ0v) is 14.5. The maximum Gasteiger partial charge on any atom is 0.341 e. The Hall–Kier alpha value is -3.48. The SMILES string of the molecule is Cc1oc2cc(OCC(=O)O)ccc2c(=O)c1-c1ccc2c(c1)OCCO2. The number of hydrogen-bond acceptors (Lipinski definition) is 6. The van der Waals surface area contributed by atoms with Crippen molar-refractivity contribution in [2.24, 2.45) is 0 Å². The Morgan fingerprint density at radius 2 is 1.89 bits per heavy atom. The minimum absolute atomic E-state index is 0.185. The van der Waals surface area contributed by atoms with E-state index in [0.717, 1.165) is 0 Å². The summed E-state index contributed by atoms with van der Waals surface area (Å²) in [6.45, 7) is 2.19. The van der Waals surface area contributed by atoms with Gasteiger partial charge in [-0.05, 0) is 36.8 Å². The highest BCUT2D eigenvalue weighted by molar-refractivity contribution is 5.84. The highest BCUT2D eigenvalue weighted by Crippen LogP contribution is 2.35. The zero-order chi connectivity index (χ0) is 19.0. The normalized spacial score (nSPS) is 12.8. The van der Waals surface area contributed by atoms with Crippen molar-refractivity contribution in [1.29, 1.82) is 0 Å². The summed E-state index contributed by atoms with van der Waals surface area (Å²) in [6.07, 6.45) is 0. The Morgan fingerprint density at radius 1 is 1.11 bits per heavy atom. The molecular formula is C20H16O7. The van der Waals surface area contributed by atoms with Gasteiger partial charge in [-0.2, -0.15) is 0 Å². The average molecular weight is 368 g/mol. The third-order valence-electron chi connectivity index (χ3n) is 4.23. The molecule has 1 aliphatic heterocycles. The Labute approximate surface area is 153 Å². The van der Waals surface area contributed by atoms with Gasteiger partial charge < -0.3 is 23.7 Å². The first-order valence-electron chi connectivity index (χ1n) is 8.35. The fraction of sp³-hybridized carbons (Fsp3) is 0.200. The summed E-state index contributed by atoms with van der Waals surface area (Å²) in [5, 5.41) is 9.09. The van der Waals surface area contributed by atoms with Crippen molar-refractivity contribution < 1.29 is 28.5 Å². The van der Waals surface area contributed by atoms with Gasteiger partial charge in [0.2, 0.25) is 5.43 Å². The van der Waals surface area contributed by atoms with Crippen LogP contribution in [0.1, 0.15) is 5.76 Å². The Kier molecular flexibility index (Phi) is 4.19. The molecular weight excluding hydrogens is 352 g/mol. The largest absolute Gasteiger partial charge is 0.486 e. The first-order valence-corrected chi connectivity index (χ1v) is 8.35. The van der Waals surface area contributed by atoms with Crippen molar-refractivity contribution in [3.8, 4) is 28.4 Å². The predicted octanol–water partition coefficient (Wildman–Crippen LogP) is 3.00. The zero-order valence-electron chi connectivity index (χ0n) is 14.5. The number of fused-ring (bicyclic) bond motifs is 2. The van der Waals surface area contributed by atoms with E-state index < -0.39 is 12.6 Å². The molecule has 0 bridgehead atoms. The maximum atomic E-state index is 13.0. The molecule has 0 fully saturated rings. The van der Waals surface area contributed by atoms with Crippen molar-refractivity contribution in [2.75, 3.05) is 19.8 Å². The van der Waals surface area contributed by atoms with Gasteiger partial charge in [-0.3, -0.25) is 4.79 Å². The van der Waals surface area contributed by atoms with Gasteiger partial charge in [-0.15, -0.1) is 0 Å². The number of hydrogen-bond donors (Lipinski definition) is 1. The summed E-state index contributed by atoms with van der Waals surface area (Å²) < 4.78 is 22.1. The topological polar surface area (TPSA) is 95.2 Å². The number of carbonyl (C=O) groups is 1. The summed E-state index contributed by atoms with van der Waals surface area (Å²) in [5.74, 6) is 0.920. The molecule has 1 aromatic heterocycles. The van der Waals surface area contributed by atoms with E-state index in [1.165, 1.54) is 6.07 Å². The van der Waals surface area contributed by atoms with Crippen molar-refractivity contribution in [3.63, 3.8) is 0 Å². The standard InChI is InChI=1S/C20H16O7/c1-11-19(12-2-5-15-17(8-12)25-7-6-24-15)20(23)14-4-3-13(9-16(14)27-11)26-10-18(21)22/h2-5,8-9H,6-7,10H2,1H3,(H,21,22). The molecule has 1 N–H and O–H groups in total. The van der Waals surface area contributed by atoms with E-state index in [9.17, 15) is 9.59 Å². The highest BCUT2D eigenvalue weighted by Gasteiger charge is 2.18. The molecule has 4 rings (SSSR count). The average Bonchev–Trinajstić information content (AvgIpc) is 2.66. The van der Waals surface area contributed by atoms with Crippen molar-refractivity contribution in [3.05, 3.63) is 52.4 Å². The van der Waals surface area contributed by atoms with Crippen LogP contribution in [-0.2, 0) is 4.79 Å². The lowest BCUT2D eigenvalue weighted by molar-refractivity contribution is -0.139. The Bertz CT molecular complexity index is 1100. The number of rotatable bonds is 4. The number of ether oxygens (including phenoxy) is 3. The first-order chi connectivity index (χ1) is 13.0. The summed E-state index contributed by atoms with van der Waals surface area (Å²) >= 11 is 0. The molecule has 0 saturated heterocycles.